The lowest BCUT2D eigenvalue weighted by Crippen LogP contribution is -2.09. The summed E-state index contributed by atoms with van der Waals surface area (Å²) in [4.78, 5) is 4.72. The first-order valence-electron chi connectivity index (χ1n) is 8.41. The van der Waals surface area contributed by atoms with Gasteiger partial charge >= 0.3 is 0 Å². The largest absolute Gasteiger partial charge is 0.486 e. The van der Waals surface area contributed by atoms with Crippen molar-refractivity contribution in [1.82, 2.24) is 9.55 Å². The Kier molecular flexibility index (Phi) is 4.86. The van der Waals surface area contributed by atoms with Crippen molar-refractivity contribution in [2.24, 2.45) is 0 Å². The molecule has 0 aliphatic heterocycles. The normalized spacial score (nSPS) is 11.2. The number of aryl methyl sites for hydroxylation is 3. The van der Waals surface area contributed by atoms with E-state index in [0.717, 1.165) is 29.0 Å². The summed E-state index contributed by atoms with van der Waals surface area (Å²) < 4.78 is 7.99. The summed E-state index contributed by atoms with van der Waals surface area (Å²) in [7, 11) is 0. The van der Waals surface area contributed by atoms with E-state index < -0.39 is 0 Å². The maximum atomic E-state index is 9.41. The molecule has 3 aromatic rings. The van der Waals surface area contributed by atoms with Crippen molar-refractivity contribution in [3.8, 4) is 5.75 Å². The second-order valence-electron chi connectivity index (χ2n) is 6.12. The number of aliphatic hydroxyl groups excluding tert-OH is 1. The van der Waals surface area contributed by atoms with Crippen molar-refractivity contribution in [2.75, 3.05) is 6.61 Å². The predicted octanol–water partition coefficient (Wildman–Crippen LogP) is 3.79. The van der Waals surface area contributed by atoms with Gasteiger partial charge in [0.15, 0.2) is 0 Å². The Bertz CT molecular complexity index is 852. The highest BCUT2D eigenvalue weighted by atomic mass is 16.5. The third-order valence-corrected chi connectivity index (χ3v) is 4.44. The van der Waals surface area contributed by atoms with Crippen LogP contribution >= 0.6 is 0 Å². The average Bonchev–Trinajstić information content (AvgIpc) is 2.91. The van der Waals surface area contributed by atoms with Crippen LogP contribution in [0.4, 0.5) is 0 Å². The number of aromatic nitrogens is 2. The molecule has 0 radical (unpaired) electrons. The van der Waals surface area contributed by atoms with E-state index in [9.17, 15) is 5.11 Å². The quantitative estimate of drug-likeness (QED) is 0.750. The van der Waals surface area contributed by atoms with E-state index >= 15 is 0 Å². The van der Waals surface area contributed by atoms with E-state index in [4.69, 9.17) is 9.72 Å². The van der Waals surface area contributed by atoms with Gasteiger partial charge in [-0.3, -0.25) is 0 Å². The number of imidazole rings is 1. The minimum atomic E-state index is 0.0801. The number of rotatable bonds is 6. The van der Waals surface area contributed by atoms with Crippen molar-refractivity contribution in [1.29, 1.82) is 0 Å². The van der Waals surface area contributed by atoms with Gasteiger partial charge in [-0.1, -0.05) is 19.1 Å². The lowest BCUT2D eigenvalue weighted by atomic mass is 10.1. The van der Waals surface area contributed by atoms with Crippen LogP contribution in [0.2, 0.25) is 0 Å². The molecule has 3 rings (SSSR count). The van der Waals surface area contributed by atoms with Gasteiger partial charge in [0.05, 0.1) is 17.6 Å². The molecule has 0 aliphatic rings. The maximum Gasteiger partial charge on any atom is 0.148 e. The van der Waals surface area contributed by atoms with Crippen LogP contribution < -0.4 is 4.74 Å². The monoisotopic (exact) mass is 324 g/mol. The van der Waals surface area contributed by atoms with Crippen molar-refractivity contribution < 1.29 is 9.84 Å². The number of benzene rings is 2. The molecule has 4 heteroatoms. The lowest BCUT2D eigenvalue weighted by Gasteiger charge is -2.10. The summed E-state index contributed by atoms with van der Waals surface area (Å²) in [6.45, 7) is 7.30. The zero-order valence-electron chi connectivity index (χ0n) is 14.5. The van der Waals surface area contributed by atoms with E-state index in [1.54, 1.807) is 0 Å². The van der Waals surface area contributed by atoms with E-state index in [-0.39, 0.29) is 6.61 Å². The molecule has 0 bridgehead atoms. The molecule has 0 unspecified atom stereocenters. The molecule has 0 saturated heterocycles. The molecule has 24 heavy (non-hydrogen) atoms. The van der Waals surface area contributed by atoms with Crippen LogP contribution in [0.25, 0.3) is 11.0 Å². The Hall–Kier alpha value is -2.33. The van der Waals surface area contributed by atoms with Gasteiger partial charge < -0.3 is 14.4 Å². The van der Waals surface area contributed by atoms with Gasteiger partial charge in [0.2, 0.25) is 0 Å². The molecule has 0 fully saturated rings. The number of ether oxygens (including phenoxy) is 1. The fourth-order valence-electron chi connectivity index (χ4n) is 2.89. The Balaban J connectivity index is 1.91. The summed E-state index contributed by atoms with van der Waals surface area (Å²) >= 11 is 0. The molecule has 0 atom stereocenters. The van der Waals surface area contributed by atoms with Gasteiger partial charge in [-0.2, -0.15) is 0 Å². The molecule has 2 aromatic carbocycles. The zero-order chi connectivity index (χ0) is 17.1. The van der Waals surface area contributed by atoms with E-state index in [2.05, 4.69) is 45.0 Å². The SMILES string of the molecule is CCc1cccc(OCc2nc3cc(C)c(C)cc3n2CCO)c1. The summed E-state index contributed by atoms with van der Waals surface area (Å²) in [6, 6.07) is 12.4. The van der Waals surface area contributed by atoms with Gasteiger partial charge in [0, 0.05) is 6.54 Å². The van der Waals surface area contributed by atoms with Gasteiger partial charge in [0.1, 0.15) is 18.2 Å². The predicted molar refractivity (Wildman–Crippen MR) is 96.4 cm³/mol. The Morgan fingerprint density at radius 2 is 1.92 bits per heavy atom. The smallest absolute Gasteiger partial charge is 0.148 e. The second-order valence-corrected chi connectivity index (χ2v) is 6.12. The third kappa shape index (κ3) is 3.29. The number of hydrogen-bond acceptors (Lipinski definition) is 3. The van der Waals surface area contributed by atoms with Crippen LogP contribution in [0, 0.1) is 13.8 Å². The minimum Gasteiger partial charge on any atom is -0.486 e. The molecular formula is C20H24N2O2. The molecule has 1 heterocycles. The molecule has 1 aromatic heterocycles. The third-order valence-electron chi connectivity index (χ3n) is 4.44. The number of fused-ring (bicyclic) bond motifs is 1. The van der Waals surface area contributed by atoms with Crippen molar-refractivity contribution in [3.05, 3.63) is 58.9 Å². The summed E-state index contributed by atoms with van der Waals surface area (Å²) in [6.07, 6.45) is 0.985. The van der Waals surface area contributed by atoms with Gasteiger partial charge in [-0.05, 0) is 61.2 Å². The van der Waals surface area contributed by atoms with E-state index in [1.807, 2.05) is 16.7 Å². The molecular weight excluding hydrogens is 300 g/mol. The molecule has 0 saturated carbocycles. The molecule has 0 amide bonds. The summed E-state index contributed by atoms with van der Waals surface area (Å²) in [5, 5.41) is 9.41. The molecule has 4 nitrogen and oxygen atoms in total. The topological polar surface area (TPSA) is 47.3 Å². The average molecular weight is 324 g/mol. The Labute approximate surface area is 142 Å². The minimum absolute atomic E-state index is 0.0801. The van der Waals surface area contributed by atoms with Gasteiger partial charge in [-0.15, -0.1) is 0 Å². The Morgan fingerprint density at radius 1 is 1.12 bits per heavy atom. The van der Waals surface area contributed by atoms with Crippen LogP contribution in [-0.4, -0.2) is 21.3 Å². The highest BCUT2D eigenvalue weighted by molar-refractivity contribution is 5.78. The van der Waals surface area contributed by atoms with E-state index in [1.165, 1.54) is 16.7 Å². The van der Waals surface area contributed by atoms with Crippen LogP contribution in [0.15, 0.2) is 36.4 Å². The van der Waals surface area contributed by atoms with Crippen molar-refractivity contribution in [2.45, 2.75) is 40.3 Å². The number of nitrogens with zero attached hydrogens (tertiary/aromatic N) is 2. The lowest BCUT2D eigenvalue weighted by molar-refractivity contribution is 0.260. The van der Waals surface area contributed by atoms with Gasteiger partial charge in [0.25, 0.3) is 0 Å². The first-order chi connectivity index (χ1) is 11.6. The Morgan fingerprint density at radius 3 is 2.67 bits per heavy atom. The van der Waals surface area contributed by atoms with Gasteiger partial charge in [-0.25, -0.2) is 4.98 Å². The van der Waals surface area contributed by atoms with Crippen molar-refractivity contribution in [3.63, 3.8) is 0 Å². The van der Waals surface area contributed by atoms with Crippen LogP contribution in [0.3, 0.4) is 0 Å². The number of hydrogen-bond donors (Lipinski definition) is 1. The molecule has 0 spiro atoms. The highest BCUT2D eigenvalue weighted by Gasteiger charge is 2.12. The summed E-state index contributed by atoms with van der Waals surface area (Å²) in [5.41, 5.74) is 5.70. The maximum absolute atomic E-state index is 9.41. The van der Waals surface area contributed by atoms with E-state index in [0.29, 0.717) is 13.2 Å². The van der Waals surface area contributed by atoms with Crippen molar-refractivity contribution >= 4 is 11.0 Å². The second kappa shape index (κ2) is 7.05. The fourth-order valence-corrected chi connectivity index (χ4v) is 2.89. The van der Waals surface area contributed by atoms with Crippen LogP contribution in [-0.2, 0) is 19.6 Å². The summed E-state index contributed by atoms with van der Waals surface area (Å²) in [5.74, 6) is 1.69. The standard InChI is InChI=1S/C20H24N2O2/c1-4-16-6-5-7-17(12-16)24-13-20-21-18-10-14(2)15(3)11-19(18)22(20)8-9-23/h5-7,10-12,23H,4,8-9,13H2,1-3H3. The fraction of sp³-hybridized carbons (Fsp3) is 0.350. The zero-order valence-corrected chi connectivity index (χ0v) is 14.5. The van der Waals surface area contributed by atoms with Crippen LogP contribution in [0.1, 0.15) is 29.4 Å². The highest BCUT2D eigenvalue weighted by Crippen LogP contribution is 2.22. The first-order valence-corrected chi connectivity index (χ1v) is 8.41. The number of aliphatic hydroxyl groups is 1. The molecule has 126 valence electrons. The van der Waals surface area contributed by atoms with Crippen LogP contribution in [0.5, 0.6) is 5.75 Å². The molecule has 1 N–H and O–H groups in total. The molecule has 0 aliphatic carbocycles. The first kappa shape index (κ1) is 16.5.